The van der Waals surface area contributed by atoms with Crippen molar-refractivity contribution in [2.24, 2.45) is 0 Å². The predicted octanol–water partition coefficient (Wildman–Crippen LogP) is 1.08. The highest BCUT2D eigenvalue weighted by atomic mass is 16.6. The van der Waals surface area contributed by atoms with Crippen molar-refractivity contribution < 1.29 is 29.5 Å². The van der Waals surface area contributed by atoms with Crippen LogP contribution in [0.1, 0.15) is 29.3 Å². The van der Waals surface area contributed by atoms with E-state index in [1.807, 2.05) is 60.7 Å². The van der Waals surface area contributed by atoms with E-state index < -0.39 is 41.9 Å². The summed E-state index contributed by atoms with van der Waals surface area (Å²) in [7, 11) is 0. The summed E-state index contributed by atoms with van der Waals surface area (Å²) in [5.74, 6) is 0. The molecule has 0 bridgehead atoms. The number of rotatable bonds is 11. The molecule has 1 aliphatic heterocycles. The molecular formula is C27H32N2O8. The lowest BCUT2D eigenvalue weighted by molar-refractivity contribution is -0.204. The topological polar surface area (TPSA) is 132 Å². The Morgan fingerprint density at radius 2 is 1.54 bits per heavy atom. The van der Waals surface area contributed by atoms with Gasteiger partial charge in [-0.15, -0.1) is 0 Å². The molecule has 3 N–H and O–H groups in total. The first kappa shape index (κ1) is 26.9. The Hall–Kier alpha value is -3.12. The molecule has 1 fully saturated rings. The molecule has 10 heteroatoms. The molecule has 2 aromatic carbocycles. The summed E-state index contributed by atoms with van der Waals surface area (Å²) in [6, 6.07) is 18.7. The summed E-state index contributed by atoms with van der Waals surface area (Å²) < 4.78 is 19.6. The van der Waals surface area contributed by atoms with Crippen LogP contribution < -0.4 is 11.2 Å². The number of aliphatic hydroxyl groups is 3. The fourth-order valence-electron chi connectivity index (χ4n) is 4.46. The highest BCUT2D eigenvalue weighted by Crippen LogP contribution is 2.44. The van der Waals surface area contributed by atoms with Crippen LogP contribution >= 0.6 is 0 Å². The molecule has 2 heterocycles. The molecule has 0 saturated carbocycles. The molecule has 37 heavy (non-hydrogen) atoms. The Balaban J connectivity index is 1.55. The molecule has 0 aliphatic carbocycles. The third-order valence-electron chi connectivity index (χ3n) is 6.69. The second-order valence-electron chi connectivity index (χ2n) is 9.30. The number of hydrogen-bond donors (Lipinski definition) is 3. The van der Waals surface area contributed by atoms with E-state index >= 15 is 0 Å². The number of nitrogens with zero attached hydrogens (tertiary/aromatic N) is 2. The molecule has 198 valence electrons. The minimum Gasteiger partial charge on any atom is -0.393 e. The maximum absolute atomic E-state index is 13.3. The monoisotopic (exact) mass is 512 g/mol. The molecule has 1 aromatic heterocycles. The first-order chi connectivity index (χ1) is 17.8. The zero-order chi connectivity index (χ0) is 26.5. The lowest BCUT2D eigenvalue weighted by Crippen LogP contribution is -2.58. The fourth-order valence-corrected chi connectivity index (χ4v) is 4.46. The van der Waals surface area contributed by atoms with Crippen molar-refractivity contribution in [2.75, 3.05) is 19.8 Å². The summed E-state index contributed by atoms with van der Waals surface area (Å²) in [5.41, 5.74) is -2.77. The van der Waals surface area contributed by atoms with Gasteiger partial charge in [-0.3, -0.25) is 9.36 Å². The van der Waals surface area contributed by atoms with Crippen molar-refractivity contribution in [1.29, 1.82) is 0 Å². The van der Waals surface area contributed by atoms with E-state index in [0.29, 0.717) is 0 Å². The lowest BCUT2D eigenvalue weighted by Gasteiger charge is -2.37. The molecule has 0 amide bonds. The molecule has 1 aliphatic rings. The van der Waals surface area contributed by atoms with Crippen LogP contribution in [0.2, 0.25) is 0 Å². The fraction of sp³-hybridized carbons (Fsp3) is 0.407. The molecule has 1 saturated heterocycles. The minimum atomic E-state index is -1.90. The van der Waals surface area contributed by atoms with E-state index in [-0.39, 0.29) is 38.5 Å². The summed E-state index contributed by atoms with van der Waals surface area (Å²) in [5, 5.41) is 31.6. The number of aromatic nitrogens is 2. The molecule has 0 spiro atoms. The maximum Gasteiger partial charge on any atom is 0.335 e. The Morgan fingerprint density at radius 1 is 0.946 bits per heavy atom. The van der Waals surface area contributed by atoms with E-state index in [1.54, 1.807) is 6.92 Å². The second kappa shape index (κ2) is 11.5. The molecule has 0 unspecified atom stereocenters. The maximum atomic E-state index is 13.3. The third kappa shape index (κ3) is 5.59. The van der Waals surface area contributed by atoms with E-state index in [2.05, 4.69) is 0 Å². The summed E-state index contributed by atoms with van der Waals surface area (Å²) in [6.45, 7) is 0.0464. The van der Waals surface area contributed by atoms with Gasteiger partial charge in [0, 0.05) is 18.2 Å². The van der Waals surface area contributed by atoms with Gasteiger partial charge in [0.1, 0.15) is 24.2 Å². The summed E-state index contributed by atoms with van der Waals surface area (Å²) in [6.07, 6.45) is 0.0668. The first-order valence-corrected chi connectivity index (χ1v) is 12.0. The van der Waals surface area contributed by atoms with Crippen LogP contribution in [0.3, 0.4) is 0 Å². The average Bonchev–Trinajstić information content (AvgIpc) is 3.22. The molecule has 0 radical (unpaired) electrons. The van der Waals surface area contributed by atoms with Gasteiger partial charge in [0.2, 0.25) is 0 Å². The van der Waals surface area contributed by atoms with E-state index in [0.717, 1.165) is 15.7 Å². The van der Waals surface area contributed by atoms with E-state index in [9.17, 15) is 24.9 Å². The Bertz CT molecular complexity index is 1290. The third-order valence-corrected chi connectivity index (χ3v) is 6.69. The Morgan fingerprint density at radius 3 is 2.11 bits per heavy atom. The number of hydrogen-bond acceptors (Lipinski definition) is 8. The number of aliphatic hydroxyl groups excluding tert-OH is 2. The van der Waals surface area contributed by atoms with Crippen molar-refractivity contribution >= 4 is 0 Å². The van der Waals surface area contributed by atoms with Crippen LogP contribution in [0.5, 0.6) is 0 Å². The van der Waals surface area contributed by atoms with Gasteiger partial charge in [0.25, 0.3) is 5.56 Å². The van der Waals surface area contributed by atoms with Crippen LogP contribution in [0.25, 0.3) is 0 Å². The van der Waals surface area contributed by atoms with Gasteiger partial charge in [-0.05, 0) is 18.1 Å². The Labute approximate surface area is 213 Å². The highest BCUT2D eigenvalue weighted by molar-refractivity contribution is 5.15. The van der Waals surface area contributed by atoms with Crippen LogP contribution in [0.15, 0.2) is 76.4 Å². The summed E-state index contributed by atoms with van der Waals surface area (Å²) >= 11 is 0. The zero-order valence-electron chi connectivity index (χ0n) is 20.7. The van der Waals surface area contributed by atoms with Crippen molar-refractivity contribution in [2.45, 2.75) is 50.7 Å². The van der Waals surface area contributed by atoms with Crippen LogP contribution in [-0.4, -0.2) is 55.5 Å². The molecule has 4 rings (SSSR count). The summed E-state index contributed by atoms with van der Waals surface area (Å²) in [4.78, 5) is 26.0. The first-order valence-electron chi connectivity index (χ1n) is 12.0. The van der Waals surface area contributed by atoms with Gasteiger partial charge < -0.3 is 29.5 Å². The van der Waals surface area contributed by atoms with Gasteiger partial charge in [-0.1, -0.05) is 60.7 Å². The number of ether oxygens (including phenoxy) is 3. The number of aryl methyl sites for hydroxylation is 1. The normalized spacial score (nSPS) is 23.4. The second-order valence-corrected chi connectivity index (χ2v) is 9.30. The Kier molecular flexibility index (Phi) is 8.38. The predicted molar refractivity (Wildman–Crippen MR) is 134 cm³/mol. The van der Waals surface area contributed by atoms with Crippen LogP contribution in [0.4, 0.5) is 0 Å². The molecule has 3 atom stereocenters. The van der Waals surface area contributed by atoms with E-state index in [4.69, 9.17) is 14.2 Å². The lowest BCUT2D eigenvalue weighted by atomic mass is 9.84. The van der Waals surface area contributed by atoms with Gasteiger partial charge in [0.15, 0.2) is 0 Å². The van der Waals surface area contributed by atoms with Crippen molar-refractivity contribution in [3.63, 3.8) is 0 Å². The van der Waals surface area contributed by atoms with Gasteiger partial charge in [-0.2, -0.15) is 0 Å². The quantitative estimate of drug-likeness (QED) is 0.348. The van der Waals surface area contributed by atoms with Crippen molar-refractivity contribution in [1.82, 2.24) is 9.13 Å². The molecular weight excluding hydrogens is 480 g/mol. The number of benzene rings is 2. The highest BCUT2D eigenvalue weighted by Gasteiger charge is 2.59. The largest absolute Gasteiger partial charge is 0.393 e. The van der Waals surface area contributed by atoms with Crippen LogP contribution in [-0.2, 0) is 34.2 Å². The van der Waals surface area contributed by atoms with Crippen molar-refractivity contribution in [3.8, 4) is 0 Å². The van der Waals surface area contributed by atoms with Gasteiger partial charge in [0.05, 0.1) is 33.0 Å². The van der Waals surface area contributed by atoms with Gasteiger partial charge in [-0.25, -0.2) is 9.36 Å². The van der Waals surface area contributed by atoms with Crippen molar-refractivity contribution in [3.05, 3.63) is 104 Å². The molecule has 10 nitrogen and oxygen atoms in total. The molecule has 3 aromatic rings. The van der Waals surface area contributed by atoms with E-state index in [1.165, 1.54) is 10.8 Å². The SMILES string of the molecule is Cc1cn([C@H]2C[C@@](O)(CO)[C@@](CO)(COCc3ccccc3)O2)c(=O)n(COCc2ccccc2)c1=O. The van der Waals surface area contributed by atoms with Gasteiger partial charge >= 0.3 is 5.69 Å². The average molecular weight is 513 g/mol. The van der Waals surface area contributed by atoms with Crippen LogP contribution in [0, 0.1) is 6.92 Å². The standard InChI is InChI=1S/C27H32N2O8/c1-20-13-28(25(33)29(24(20)32)19-36-15-22-10-6-3-7-11-22)23-12-26(34,16-30)27(17-31,37-23)18-35-14-21-8-4-2-5-9-21/h2-11,13,23,30-31,34H,12,14-19H2,1H3/t23-,26-,27-/m1/s1. The smallest absolute Gasteiger partial charge is 0.335 e. The minimum absolute atomic E-state index is 0.195. The zero-order valence-corrected chi connectivity index (χ0v) is 20.7.